The van der Waals surface area contributed by atoms with Gasteiger partial charge in [0.1, 0.15) is 6.04 Å². The van der Waals surface area contributed by atoms with E-state index >= 15 is 0 Å². The highest BCUT2D eigenvalue weighted by molar-refractivity contribution is 5.84. The lowest BCUT2D eigenvalue weighted by Crippen LogP contribution is -2.55. The number of carbonyl (C=O) groups is 2. The Kier molecular flexibility index (Phi) is 5.86. The number of ether oxygens (including phenoxy) is 2. The van der Waals surface area contributed by atoms with E-state index in [9.17, 15) is 9.59 Å². The van der Waals surface area contributed by atoms with Gasteiger partial charge in [-0.1, -0.05) is 0 Å². The van der Waals surface area contributed by atoms with Gasteiger partial charge in [-0.25, -0.2) is 9.59 Å². The number of hydrogen-bond donors (Lipinski definition) is 0. The molecule has 2 aliphatic heterocycles. The van der Waals surface area contributed by atoms with Gasteiger partial charge < -0.3 is 19.3 Å². The molecule has 7 heteroatoms. The molecule has 0 spiro atoms. The van der Waals surface area contributed by atoms with E-state index in [1.807, 2.05) is 25.7 Å². The third-order valence-electron chi connectivity index (χ3n) is 4.29. The van der Waals surface area contributed by atoms with Crippen molar-refractivity contribution in [3.63, 3.8) is 0 Å². The fraction of sp³-hybridized carbons (Fsp3) is 0.875. The summed E-state index contributed by atoms with van der Waals surface area (Å²) in [4.78, 5) is 30.1. The second-order valence-corrected chi connectivity index (χ2v) is 7.15. The third kappa shape index (κ3) is 4.81. The minimum atomic E-state index is -0.422. The Morgan fingerprint density at radius 3 is 2.30 bits per heavy atom. The standard InChI is InChI=1S/C16H29N3O4/c1-16(2,3)23-12-17-8-10-18(11-9-17)15(21)19-7-5-6-13(19)14(20)22-4/h13H,5-12H2,1-4H3. The number of piperazine rings is 1. The zero-order valence-electron chi connectivity index (χ0n) is 14.7. The molecule has 0 N–H and O–H groups in total. The zero-order chi connectivity index (χ0) is 17.0. The van der Waals surface area contributed by atoms with Crippen LogP contribution in [0.2, 0.25) is 0 Å². The molecule has 2 amide bonds. The van der Waals surface area contributed by atoms with Gasteiger partial charge in [0.05, 0.1) is 19.4 Å². The van der Waals surface area contributed by atoms with Crippen molar-refractivity contribution in [2.24, 2.45) is 0 Å². The highest BCUT2D eigenvalue weighted by Gasteiger charge is 2.37. The molecule has 0 aromatic rings. The average molecular weight is 327 g/mol. The van der Waals surface area contributed by atoms with Gasteiger partial charge in [0, 0.05) is 32.7 Å². The number of urea groups is 1. The van der Waals surface area contributed by atoms with Crippen molar-refractivity contribution < 1.29 is 19.1 Å². The lowest BCUT2D eigenvalue weighted by Gasteiger charge is -2.38. The number of amides is 2. The first-order chi connectivity index (χ1) is 10.8. The summed E-state index contributed by atoms with van der Waals surface area (Å²) in [7, 11) is 1.37. The zero-order valence-corrected chi connectivity index (χ0v) is 14.7. The summed E-state index contributed by atoms with van der Waals surface area (Å²) in [5.74, 6) is -0.312. The molecule has 132 valence electrons. The largest absolute Gasteiger partial charge is 0.467 e. The molecule has 0 aromatic heterocycles. The van der Waals surface area contributed by atoms with Crippen molar-refractivity contribution in [2.45, 2.75) is 45.3 Å². The first-order valence-corrected chi connectivity index (χ1v) is 8.31. The molecule has 0 saturated carbocycles. The maximum absolute atomic E-state index is 12.6. The maximum atomic E-state index is 12.6. The van der Waals surface area contributed by atoms with E-state index in [1.54, 1.807) is 4.90 Å². The molecule has 2 rings (SSSR count). The van der Waals surface area contributed by atoms with Gasteiger partial charge in [0.25, 0.3) is 0 Å². The molecular formula is C16H29N3O4. The number of esters is 1. The first-order valence-electron chi connectivity index (χ1n) is 8.31. The van der Waals surface area contributed by atoms with E-state index in [2.05, 4.69) is 4.90 Å². The first kappa shape index (κ1) is 18.0. The molecule has 0 aliphatic carbocycles. The molecule has 1 unspecified atom stereocenters. The van der Waals surface area contributed by atoms with Crippen molar-refractivity contribution in [2.75, 3.05) is 46.6 Å². The van der Waals surface area contributed by atoms with Crippen LogP contribution in [0.25, 0.3) is 0 Å². The molecule has 0 radical (unpaired) electrons. The summed E-state index contributed by atoms with van der Waals surface area (Å²) < 4.78 is 10.6. The predicted molar refractivity (Wildman–Crippen MR) is 86.0 cm³/mol. The lowest BCUT2D eigenvalue weighted by atomic mass is 10.2. The summed E-state index contributed by atoms with van der Waals surface area (Å²) in [6.45, 7) is 10.2. The van der Waals surface area contributed by atoms with Crippen LogP contribution in [0.15, 0.2) is 0 Å². The Morgan fingerprint density at radius 1 is 1.09 bits per heavy atom. The maximum Gasteiger partial charge on any atom is 0.328 e. The van der Waals surface area contributed by atoms with Crippen LogP contribution in [0.3, 0.4) is 0 Å². The summed E-state index contributed by atoms with van der Waals surface area (Å²) in [6.07, 6.45) is 1.54. The van der Waals surface area contributed by atoms with Gasteiger partial charge in [0.15, 0.2) is 0 Å². The normalized spacial score (nSPS) is 23.2. The smallest absolute Gasteiger partial charge is 0.328 e. The van der Waals surface area contributed by atoms with Gasteiger partial charge in [-0.3, -0.25) is 4.90 Å². The molecule has 1 atom stereocenters. The number of nitrogens with zero attached hydrogens (tertiary/aromatic N) is 3. The van der Waals surface area contributed by atoms with Crippen LogP contribution >= 0.6 is 0 Å². The molecule has 2 saturated heterocycles. The van der Waals surface area contributed by atoms with Crippen molar-refractivity contribution in [1.29, 1.82) is 0 Å². The molecule has 0 bridgehead atoms. The third-order valence-corrected chi connectivity index (χ3v) is 4.29. The van der Waals surface area contributed by atoms with E-state index < -0.39 is 6.04 Å². The predicted octanol–water partition coefficient (Wildman–Crippen LogP) is 1.13. The van der Waals surface area contributed by atoms with Crippen LogP contribution in [0.4, 0.5) is 4.79 Å². The van der Waals surface area contributed by atoms with Crippen molar-refractivity contribution >= 4 is 12.0 Å². The Balaban J connectivity index is 1.82. The van der Waals surface area contributed by atoms with Crippen molar-refractivity contribution in [1.82, 2.24) is 14.7 Å². The fourth-order valence-electron chi connectivity index (χ4n) is 2.91. The quantitative estimate of drug-likeness (QED) is 0.727. The molecule has 2 fully saturated rings. The Morgan fingerprint density at radius 2 is 1.74 bits per heavy atom. The molecule has 2 aliphatic rings. The SMILES string of the molecule is COC(=O)C1CCCN1C(=O)N1CCN(COC(C)(C)C)CC1. The van der Waals surface area contributed by atoms with E-state index in [0.29, 0.717) is 32.8 Å². The topological polar surface area (TPSA) is 62.3 Å². The van der Waals surface area contributed by atoms with Crippen molar-refractivity contribution in [3.8, 4) is 0 Å². The summed E-state index contributed by atoms with van der Waals surface area (Å²) in [5, 5.41) is 0. The van der Waals surface area contributed by atoms with E-state index in [4.69, 9.17) is 9.47 Å². The van der Waals surface area contributed by atoms with Crippen LogP contribution in [0, 0.1) is 0 Å². The van der Waals surface area contributed by atoms with E-state index in [-0.39, 0.29) is 17.6 Å². The molecule has 23 heavy (non-hydrogen) atoms. The second-order valence-electron chi connectivity index (χ2n) is 7.15. The monoisotopic (exact) mass is 327 g/mol. The molecule has 7 nitrogen and oxygen atoms in total. The number of hydrogen-bond acceptors (Lipinski definition) is 5. The Hall–Kier alpha value is -1.34. The Labute approximate surface area is 138 Å². The summed E-state index contributed by atoms with van der Waals surface area (Å²) >= 11 is 0. The summed E-state index contributed by atoms with van der Waals surface area (Å²) in [6, 6.07) is -0.468. The Bertz CT molecular complexity index is 428. The van der Waals surface area contributed by atoms with Crippen LogP contribution in [-0.4, -0.2) is 84.9 Å². The fourth-order valence-corrected chi connectivity index (χ4v) is 2.91. The number of likely N-dealkylation sites (tertiary alicyclic amines) is 1. The summed E-state index contributed by atoms with van der Waals surface area (Å²) in [5.41, 5.74) is -0.157. The van der Waals surface area contributed by atoms with Crippen LogP contribution < -0.4 is 0 Å². The van der Waals surface area contributed by atoms with Gasteiger partial charge in [0.2, 0.25) is 0 Å². The van der Waals surface area contributed by atoms with Gasteiger partial charge in [-0.15, -0.1) is 0 Å². The highest BCUT2D eigenvalue weighted by atomic mass is 16.5. The van der Waals surface area contributed by atoms with Crippen molar-refractivity contribution in [3.05, 3.63) is 0 Å². The minimum absolute atomic E-state index is 0.0470. The minimum Gasteiger partial charge on any atom is -0.467 e. The second kappa shape index (κ2) is 7.49. The van der Waals surface area contributed by atoms with E-state index in [0.717, 1.165) is 19.5 Å². The molecular weight excluding hydrogens is 298 g/mol. The molecule has 0 aromatic carbocycles. The average Bonchev–Trinajstić information content (AvgIpc) is 3.01. The van der Waals surface area contributed by atoms with Crippen LogP contribution in [0.5, 0.6) is 0 Å². The van der Waals surface area contributed by atoms with Gasteiger partial charge >= 0.3 is 12.0 Å². The molecule has 2 heterocycles. The number of methoxy groups -OCH3 is 1. The van der Waals surface area contributed by atoms with Crippen LogP contribution in [-0.2, 0) is 14.3 Å². The number of rotatable bonds is 3. The van der Waals surface area contributed by atoms with Gasteiger partial charge in [-0.05, 0) is 33.6 Å². The lowest BCUT2D eigenvalue weighted by molar-refractivity contribution is -0.145. The van der Waals surface area contributed by atoms with Crippen LogP contribution in [0.1, 0.15) is 33.6 Å². The van der Waals surface area contributed by atoms with Gasteiger partial charge in [-0.2, -0.15) is 0 Å². The number of carbonyl (C=O) groups excluding carboxylic acids is 2. The highest BCUT2D eigenvalue weighted by Crippen LogP contribution is 2.21. The van der Waals surface area contributed by atoms with E-state index in [1.165, 1.54) is 7.11 Å².